The van der Waals surface area contributed by atoms with Gasteiger partial charge < -0.3 is 10.0 Å². The van der Waals surface area contributed by atoms with Crippen LogP contribution in [0.4, 0.5) is 0 Å². The highest BCUT2D eigenvalue weighted by atomic mass is 16.4. The van der Waals surface area contributed by atoms with Crippen LogP contribution in [0, 0.1) is 10.8 Å². The van der Waals surface area contributed by atoms with E-state index in [1.54, 1.807) is 0 Å². The van der Waals surface area contributed by atoms with Crippen LogP contribution >= 0.6 is 0 Å². The first kappa shape index (κ1) is 13.9. The van der Waals surface area contributed by atoms with E-state index in [1.165, 1.54) is 25.7 Å². The Bertz CT molecular complexity index is 306. The van der Waals surface area contributed by atoms with E-state index in [4.69, 9.17) is 0 Å². The Balaban J connectivity index is 1.86. The van der Waals surface area contributed by atoms with Gasteiger partial charge in [0.25, 0.3) is 0 Å². The van der Waals surface area contributed by atoms with Crippen molar-refractivity contribution in [3.05, 3.63) is 0 Å². The summed E-state index contributed by atoms with van der Waals surface area (Å²) in [7, 11) is 0. The zero-order chi connectivity index (χ0) is 13.4. The molecule has 1 aliphatic heterocycles. The summed E-state index contributed by atoms with van der Waals surface area (Å²) in [5, 5.41) is 9.24. The molecular weight excluding hydrogens is 226 g/mol. The Hall–Kier alpha value is -0.570. The van der Waals surface area contributed by atoms with Crippen LogP contribution in [-0.2, 0) is 4.79 Å². The Morgan fingerprint density at radius 2 is 1.56 bits per heavy atom. The lowest BCUT2D eigenvalue weighted by molar-refractivity contribution is -0.151. The fourth-order valence-corrected chi connectivity index (χ4v) is 3.35. The molecule has 1 saturated heterocycles. The number of likely N-dealkylation sites (tertiary alicyclic amines) is 1. The van der Waals surface area contributed by atoms with Crippen LogP contribution in [0.15, 0.2) is 0 Å². The van der Waals surface area contributed by atoms with Crippen LogP contribution < -0.4 is 0 Å². The minimum absolute atomic E-state index is 0.482. The van der Waals surface area contributed by atoms with E-state index < -0.39 is 11.4 Å². The lowest BCUT2D eigenvalue weighted by Crippen LogP contribution is -2.48. The summed E-state index contributed by atoms with van der Waals surface area (Å²) in [6.07, 6.45) is 6.81. The SMILES string of the molecule is CC1(C)CCC(N2CCC(C)(C(=O)O)CC2)CC1. The van der Waals surface area contributed by atoms with Crippen LogP contribution in [0.3, 0.4) is 0 Å². The van der Waals surface area contributed by atoms with Gasteiger partial charge in [0.05, 0.1) is 5.41 Å². The first-order valence-electron chi connectivity index (χ1n) is 7.30. The quantitative estimate of drug-likeness (QED) is 0.822. The normalized spacial score (nSPS) is 29.1. The highest BCUT2D eigenvalue weighted by molar-refractivity contribution is 5.74. The minimum atomic E-state index is -0.619. The molecule has 0 atom stereocenters. The van der Waals surface area contributed by atoms with E-state index >= 15 is 0 Å². The van der Waals surface area contributed by atoms with Crippen molar-refractivity contribution in [2.75, 3.05) is 13.1 Å². The maximum atomic E-state index is 11.2. The van der Waals surface area contributed by atoms with Crippen LogP contribution in [0.1, 0.15) is 59.3 Å². The molecule has 18 heavy (non-hydrogen) atoms. The summed E-state index contributed by atoms with van der Waals surface area (Å²) in [4.78, 5) is 13.8. The Labute approximate surface area is 111 Å². The zero-order valence-corrected chi connectivity index (χ0v) is 12.0. The van der Waals surface area contributed by atoms with E-state index in [-0.39, 0.29) is 0 Å². The molecule has 0 unspecified atom stereocenters. The van der Waals surface area contributed by atoms with E-state index in [0.29, 0.717) is 11.5 Å². The van der Waals surface area contributed by atoms with Crippen molar-refractivity contribution in [2.24, 2.45) is 10.8 Å². The smallest absolute Gasteiger partial charge is 0.309 e. The third-order valence-corrected chi connectivity index (χ3v) is 5.24. The van der Waals surface area contributed by atoms with Gasteiger partial charge in [-0.15, -0.1) is 0 Å². The van der Waals surface area contributed by atoms with Crippen molar-refractivity contribution in [1.82, 2.24) is 4.90 Å². The number of carboxylic acid groups (broad SMARTS) is 1. The number of rotatable bonds is 2. The van der Waals surface area contributed by atoms with Crippen molar-refractivity contribution >= 4 is 5.97 Å². The molecule has 3 nitrogen and oxygen atoms in total. The van der Waals surface area contributed by atoms with Crippen molar-refractivity contribution in [3.63, 3.8) is 0 Å². The Morgan fingerprint density at radius 1 is 1.06 bits per heavy atom. The van der Waals surface area contributed by atoms with Gasteiger partial charge in [-0.1, -0.05) is 13.8 Å². The van der Waals surface area contributed by atoms with Crippen LogP contribution in [0.25, 0.3) is 0 Å². The number of carboxylic acids is 1. The number of carbonyl (C=O) groups is 1. The lowest BCUT2D eigenvalue weighted by atomic mass is 9.74. The van der Waals surface area contributed by atoms with Gasteiger partial charge in [0.2, 0.25) is 0 Å². The molecule has 1 heterocycles. The van der Waals surface area contributed by atoms with Crippen LogP contribution in [-0.4, -0.2) is 35.1 Å². The van der Waals surface area contributed by atoms with Gasteiger partial charge in [-0.3, -0.25) is 4.79 Å². The molecule has 0 amide bonds. The Kier molecular flexibility index (Phi) is 3.72. The standard InChI is InChI=1S/C15H27NO2/c1-14(2)6-4-12(5-7-14)16-10-8-15(3,9-11-16)13(17)18/h12H,4-11H2,1-3H3,(H,17,18). The van der Waals surface area contributed by atoms with E-state index in [9.17, 15) is 9.90 Å². The van der Waals surface area contributed by atoms with Gasteiger partial charge in [-0.05, 0) is 64.0 Å². The monoisotopic (exact) mass is 253 g/mol. The third-order valence-electron chi connectivity index (χ3n) is 5.24. The molecule has 2 rings (SSSR count). The molecule has 1 saturated carbocycles. The molecule has 0 bridgehead atoms. The fourth-order valence-electron chi connectivity index (χ4n) is 3.35. The summed E-state index contributed by atoms with van der Waals surface area (Å²) < 4.78 is 0. The molecule has 0 spiro atoms. The predicted octanol–water partition coefficient (Wildman–Crippen LogP) is 3.14. The second-order valence-electron chi connectivity index (χ2n) is 7.30. The van der Waals surface area contributed by atoms with Crippen molar-refractivity contribution < 1.29 is 9.90 Å². The van der Waals surface area contributed by atoms with E-state index in [0.717, 1.165) is 25.9 Å². The van der Waals surface area contributed by atoms with Gasteiger partial charge in [0.1, 0.15) is 0 Å². The highest BCUT2D eigenvalue weighted by Crippen LogP contribution is 2.39. The molecule has 0 aromatic heterocycles. The summed E-state index contributed by atoms with van der Waals surface area (Å²) in [6, 6.07) is 0.705. The first-order valence-corrected chi connectivity index (χ1v) is 7.30. The lowest BCUT2D eigenvalue weighted by Gasteiger charge is -2.44. The summed E-state index contributed by atoms with van der Waals surface area (Å²) >= 11 is 0. The molecule has 104 valence electrons. The van der Waals surface area contributed by atoms with Gasteiger partial charge in [0, 0.05) is 6.04 Å². The van der Waals surface area contributed by atoms with E-state index in [2.05, 4.69) is 18.7 Å². The molecule has 0 aromatic rings. The average molecular weight is 253 g/mol. The van der Waals surface area contributed by atoms with E-state index in [1.807, 2.05) is 6.92 Å². The molecule has 0 radical (unpaired) electrons. The fraction of sp³-hybridized carbons (Fsp3) is 0.933. The maximum absolute atomic E-state index is 11.2. The van der Waals surface area contributed by atoms with Crippen LogP contribution in [0.5, 0.6) is 0 Å². The second kappa shape index (κ2) is 4.84. The number of piperidine rings is 1. The Morgan fingerprint density at radius 3 is 2.00 bits per heavy atom. The maximum Gasteiger partial charge on any atom is 0.309 e. The van der Waals surface area contributed by atoms with Crippen LogP contribution in [0.2, 0.25) is 0 Å². The largest absolute Gasteiger partial charge is 0.481 e. The number of hydrogen-bond acceptors (Lipinski definition) is 2. The predicted molar refractivity (Wildman–Crippen MR) is 72.6 cm³/mol. The topological polar surface area (TPSA) is 40.5 Å². The molecule has 2 aliphatic rings. The third kappa shape index (κ3) is 2.87. The summed E-state index contributed by atoms with van der Waals surface area (Å²) in [6.45, 7) is 8.56. The number of nitrogens with zero attached hydrogens (tertiary/aromatic N) is 1. The summed E-state index contributed by atoms with van der Waals surface area (Å²) in [5.74, 6) is -0.619. The zero-order valence-electron chi connectivity index (χ0n) is 12.0. The van der Waals surface area contributed by atoms with Gasteiger partial charge >= 0.3 is 5.97 Å². The molecule has 3 heteroatoms. The highest BCUT2D eigenvalue weighted by Gasteiger charge is 2.39. The molecule has 2 fully saturated rings. The van der Waals surface area contributed by atoms with Gasteiger partial charge in [-0.2, -0.15) is 0 Å². The molecule has 1 N–H and O–H groups in total. The number of aliphatic carboxylic acids is 1. The molecular formula is C15H27NO2. The summed E-state index contributed by atoms with van der Waals surface area (Å²) in [5.41, 5.74) is 0.0340. The second-order valence-corrected chi connectivity index (χ2v) is 7.30. The van der Waals surface area contributed by atoms with Crippen molar-refractivity contribution in [1.29, 1.82) is 0 Å². The van der Waals surface area contributed by atoms with Gasteiger partial charge in [0.15, 0.2) is 0 Å². The number of hydrogen-bond donors (Lipinski definition) is 1. The average Bonchev–Trinajstić information content (AvgIpc) is 2.30. The van der Waals surface area contributed by atoms with Crippen molar-refractivity contribution in [3.8, 4) is 0 Å². The first-order chi connectivity index (χ1) is 8.32. The molecule has 0 aromatic carbocycles. The minimum Gasteiger partial charge on any atom is -0.481 e. The van der Waals surface area contributed by atoms with Crippen molar-refractivity contribution in [2.45, 2.75) is 65.3 Å². The van der Waals surface area contributed by atoms with Gasteiger partial charge in [-0.25, -0.2) is 0 Å². The molecule has 1 aliphatic carbocycles.